The van der Waals surface area contributed by atoms with Crippen LogP contribution in [0.2, 0.25) is 0 Å². The summed E-state index contributed by atoms with van der Waals surface area (Å²) in [5.74, 6) is -0.478. The first-order valence-corrected chi connectivity index (χ1v) is 8.36. The zero-order valence-corrected chi connectivity index (χ0v) is 14.7. The van der Waals surface area contributed by atoms with Crippen molar-refractivity contribution >= 4 is 45.4 Å². The summed E-state index contributed by atoms with van der Waals surface area (Å²) < 4.78 is 19.0. The molecule has 0 saturated heterocycles. The monoisotopic (exact) mass is 390 g/mol. The number of rotatable bonds is 1. The highest BCUT2D eigenvalue weighted by Crippen LogP contribution is 2.34. The van der Waals surface area contributed by atoms with E-state index in [1.807, 2.05) is 0 Å². The second-order valence-corrected chi connectivity index (χ2v) is 7.68. The lowest BCUT2D eigenvalue weighted by molar-refractivity contribution is -0.117. The van der Waals surface area contributed by atoms with Gasteiger partial charge < -0.3 is 15.4 Å². The number of nitrogens with one attached hydrogen (secondary N) is 2. The van der Waals surface area contributed by atoms with Crippen LogP contribution in [0.5, 0.6) is 0 Å². The third-order valence-electron chi connectivity index (χ3n) is 2.69. The van der Waals surface area contributed by atoms with E-state index in [0.29, 0.717) is 16.3 Å². The summed E-state index contributed by atoms with van der Waals surface area (Å²) >= 11 is 4.37. The minimum atomic E-state index is -0.755. The number of benzene rings is 1. The van der Waals surface area contributed by atoms with Crippen molar-refractivity contribution < 1.29 is 18.7 Å². The maximum absolute atomic E-state index is 13.6. The van der Waals surface area contributed by atoms with Crippen molar-refractivity contribution in [2.75, 3.05) is 11.1 Å². The Labute approximate surface area is 140 Å². The van der Waals surface area contributed by atoms with E-state index in [1.54, 1.807) is 20.8 Å². The lowest BCUT2D eigenvalue weighted by atomic mass is 10.2. The highest BCUT2D eigenvalue weighted by Gasteiger charge is 2.28. The third kappa shape index (κ3) is 4.36. The zero-order chi connectivity index (χ0) is 16.5. The van der Waals surface area contributed by atoms with Crippen LogP contribution in [0.4, 0.5) is 14.9 Å². The third-order valence-corrected chi connectivity index (χ3v) is 4.45. The number of anilines is 1. The Balaban J connectivity index is 2.10. The Morgan fingerprint density at radius 2 is 2.18 bits per heavy atom. The molecule has 1 aromatic rings. The van der Waals surface area contributed by atoms with Crippen molar-refractivity contribution in [3.05, 3.63) is 22.4 Å². The molecule has 0 radical (unpaired) electrons. The van der Waals surface area contributed by atoms with Gasteiger partial charge in [-0.1, -0.05) is 0 Å². The van der Waals surface area contributed by atoms with Crippen LogP contribution in [-0.4, -0.2) is 29.4 Å². The van der Waals surface area contributed by atoms with Crippen molar-refractivity contribution in [1.82, 2.24) is 5.32 Å². The van der Waals surface area contributed by atoms with Crippen molar-refractivity contribution in [2.24, 2.45) is 0 Å². The van der Waals surface area contributed by atoms with Gasteiger partial charge in [-0.05, 0) is 48.8 Å². The van der Waals surface area contributed by atoms with Gasteiger partial charge >= 0.3 is 6.09 Å². The summed E-state index contributed by atoms with van der Waals surface area (Å²) in [7, 11) is 0. The molecule has 1 atom stereocenters. The molecule has 22 heavy (non-hydrogen) atoms. The maximum Gasteiger partial charge on any atom is 0.408 e. The molecular formula is C14H16BrFN2O3S. The second kappa shape index (κ2) is 6.45. The van der Waals surface area contributed by atoms with Gasteiger partial charge in [-0.3, -0.25) is 4.79 Å². The fourth-order valence-corrected chi connectivity index (χ4v) is 3.15. The normalized spacial score (nSPS) is 18.0. The number of fused-ring (bicyclic) bond motifs is 1. The largest absolute Gasteiger partial charge is 0.444 e. The first kappa shape index (κ1) is 17.1. The summed E-state index contributed by atoms with van der Waals surface area (Å²) in [6.07, 6.45) is -0.661. The fourth-order valence-electron chi connectivity index (χ4n) is 1.77. The highest BCUT2D eigenvalue weighted by molar-refractivity contribution is 9.10. The number of hydrogen-bond donors (Lipinski definition) is 2. The summed E-state index contributed by atoms with van der Waals surface area (Å²) in [5, 5.41) is 5.21. The quantitative estimate of drug-likeness (QED) is 0.769. The molecule has 120 valence electrons. The lowest BCUT2D eigenvalue weighted by Crippen LogP contribution is -2.46. The van der Waals surface area contributed by atoms with E-state index < -0.39 is 23.6 Å². The SMILES string of the molecule is CC(C)(C)OC(=O)N[C@H]1CSc2cc(F)c(Br)cc2NC1=O. The van der Waals surface area contributed by atoms with Crippen LogP contribution >= 0.6 is 27.7 Å². The van der Waals surface area contributed by atoms with Crippen LogP contribution in [0.3, 0.4) is 0 Å². The predicted molar refractivity (Wildman–Crippen MR) is 86.6 cm³/mol. The number of halogens is 2. The first-order chi connectivity index (χ1) is 10.2. The Morgan fingerprint density at radius 1 is 1.50 bits per heavy atom. The number of amides is 2. The molecular weight excluding hydrogens is 375 g/mol. The molecule has 8 heteroatoms. The van der Waals surface area contributed by atoms with E-state index in [0.717, 1.165) is 0 Å². The van der Waals surface area contributed by atoms with Gasteiger partial charge in [-0.15, -0.1) is 11.8 Å². The fraction of sp³-hybridized carbons (Fsp3) is 0.429. The number of carbonyl (C=O) groups is 2. The van der Waals surface area contributed by atoms with Crippen molar-refractivity contribution in [1.29, 1.82) is 0 Å². The van der Waals surface area contributed by atoms with Crippen LogP contribution in [0.25, 0.3) is 0 Å². The van der Waals surface area contributed by atoms with Crippen LogP contribution in [-0.2, 0) is 9.53 Å². The highest BCUT2D eigenvalue weighted by atomic mass is 79.9. The average molecular weight is 391 g/mol. The topological polar surface area (TPSA) is 67.4 Å². The Morgan fingerprint density at radius 3 is 2.82 bits per heavy atom. The molecule has 1 aliphatic rings. The molecule has 2 amide bonds. The number of carbonyl (C=O) groups excluding carboxylic acids is 2. The van der Waals surface area contributed by atoms with E-state index in [-0.39, 0.29) is 10.4 Å². The molecule has 1 heterocycles. The second-order valence-electron chi connectivity index (χ2n) is 5.76. The van der Waals surface area contributed by atoms with Crippen molar-refractivity contribution in [2.45, 2.75) is 37.3 Å². The molecule has 0 spiro atoms. The van der Waals surface area contributed by atoms with Gasteiger partial charge in [-0.2, -0.15) is 0 Å². The summed E-state index contributed by atoms with van der Waals surface area (Å²) in [6.45, 7) is 5.22. The van der Waals surface area contributed by atoms with Crippen LogP contribution < -0.4 is 10.6 Å². The van der Waals surface area contributed by atoms with Gasteiger partial charge in [0.25, 0.3) is 0 Å². The molecule has 1 aliphatic heterocycles. The van der Waals surface area contributed by atoms with E-state index in [9.17, 15) is 14.0 Å². The Hall–Kier alpha value is -1.28. The standard InChI is InChI=1S/C14H16BrFN2O3S/c1-14(2,3)21-13(20)18-10-6-22-11-5-8(16)7(15)4-9(11)17-12(10)19/h4-5,10H,6H2,1-3H3,(H,17,19)(H,18,20)/t10-/m0/s1. The Bertz CT molecular complexity index is 619. The van der Waals surface area contributed by atoms with Gasteiger partial charge in [0.05, 0.1) is 10.2 Å². The van der Waals surface area contributed by atoms with Crippen LogP contribution in [0.1, 0.15) is 20.8 Å². The zero-order valence-electron chi connectivity index (χ0n) is 12.3. The lowest BCUT2D eigenvalue weighted by Gasteiger charge is -2.22. The first-order valence-electron chi connectivity index (χ1n) is 6.58. The molecule has 1 aromatic carbocycles. The summed E-state index contributed by atoms with van der Waals surface area (Å²) in [4.78, 5) is 24.6. The average Bonchev–Trinajstić information content (AvgIpc) is 2.49. The molecule has 0 aromatic heterocycles. The van der Waals surface area contributed by atoms with Crippen molar-refractivity contribution in [3.8, 4) is 0 Å². The maximum atomic E-state index is 13.6. The molecule has 0 unspecified atom stereocenters. The van der Waals surface area contributed by atoms with Gasteiger partial charge in [-0.25, -0.2) is 9.18 Å². The van der Waals surface area contributed by atoms with Crippen molar-refractivity contribution in [3.63, 3.8) is 0 Å². The van der Waals surface area contributed by atoms with Crippen LogP contribution in [0.15, 0.2) is 21.5 Å². The van der Waals surface area contributed by atoms with Gasteiger partial charge in [0, 0.05) is 10.6 Å². The van der Waals surface area contributed by atoms with E-state index in [1.165, 1.54) is 23.9 Å². The Kier molecular flexibility index (Phi) is 5.01. The summed E-state index contributed by atoms with van der Waals surface area (Å²) in [6, 6.07) is 2.10. The van der Waals surface area contributed by atoms with Gasteiger partial charge in [0.2, 0.25) is 5.91 Å². The number of alkyl carbamates (subject to hydrolysis) is 1. The van der Waals surface area contributed by atoms with Crippen LogP contribution in [0, 0.1) is 5.82 Å². The number of ether oxygens (including phenoxy) is 1. The van der Waals surface area contributed by atoms with E-state index in [2.05, 4.69) is 26.6 Å². The molecule has 5 nitrogen and oxygen atoms in total. The predicted octanol–water partition coefficient (Wildman–Crippen LogP) is 3.53. The van der Waals surface area contributed by atoms with Gasteiger partial charge in [0.1, 0.15) is 17.5 Å². The smallest absolute Gasteiger partial charge is 0.408 e. The molecule has 0 saturated carbocycles. The summed E-state index contributed by atoms with van der Waals surface area (Å²) in [5.41, 5.74) is -0.133. The molecule has 0 bridgehead atoms. The molecule has 0 aliphatic carbocycles. The van der Waals surface area contributed by atoms with Gasteiger partial charge in [0.15, 0.2) is 0 Å². The van der Waals surface area contributed by atoms with E-state index in [4.69, 9.17) is 4.74 Å². The molecule has 2 N–H and O–H groups in total. The molecule has 0 fully saturated rings. The van der Waals surface area contributed by atoms with E-state index >= 15 is 0 Å². The molecule has 2 rings (SSSR count). The minimum absolute atomic E-state index is 0.269. The minimum Gasteiger partial charge on any atom is -0.444 e. The number of hydrogen-bond acceptors (Lipinski definition) is 4. The number of thioether (sulfide) groups is 1.